The second-order valence-electron chi connectivity index (χ2n) is 4.62. The Morgan fingerprint density at radius 1 is 1.36 bits per heavy atom. The van der Waals surface area contributed by atoms with Crippen LogP contribution in [0.3, 0.4) is 0 Å². The number of hydrogen-bond donors (Lipinski definition) is 0. The van der Waals surface area contributed by atoms with Crippen molar-refractivity contribution in [1.29, 1.82) is 0 Å². The van der Waals surface area contributed by atoms with Crippen LogP contribution in [0.4, 0.5) is 0 Å². The van der Waals surface area contributed by atoms with Gasteiger partial charge in [0.1, 0.15) is 0 Å². The highest BCUT2D eigenvalue weighted by Crippen LogP contribution is 2.27. The Balaban J connectivity index is 2.42. The van der Waals surface area contributed by atoms with Crippen molar-refractivity contribution in [2.75, 3.05) is 0 Å². The summed E-state index contributed by atoms with van der Waals surface area (Å²) >= 11 is 0. The van der Waals surface area contributed by atoms with Crippen molar-refractivity contribution in [1.82, 2.24) is 0 Å². The molecular weight excluding hydrogens is 168 g/mol. The van der Waals surface area contributed by atoms with Gasteiger partial charge in [-0.3, -0.25) is 0 Å². The maximum atomic E-state index is 3.28. The van der Waals surface area contributed by atoms with Gasteiger partial charge in [0.05, 0.1) is 0 Å². The van der Waals surface area contributed by atoms with E-state index in [4.69, 9.17) is 0 Å². The van der Waals surface area contributed by atoms with Crippen LogP contribution in [0, 0.1) is 11.8 Å². The average Bonchev–Trinajstić information content (AvgIpc) is 2.28. The molecule has 0 saturated carbocycles. The van der Waals surface area contributed by atoms with Crippen molar-refractivity contribution >= 4 is 0 Å². The summed E-state index contributed by atoms with van der Waals surface area (Å²) in [6.07, 6.45) is 13.9. The summed E-state index contributed by atoms with van der Waals surface area (Å²) in [5.41, 5.74) is 3.28. The molecule has 14 heavy (non-hydrogen) atoms. The van der Waals surface area contributed by atoms with Crippen LogP contribution < -0.4 is 0 Å². The van der Waals surface area contributed by atoms with E-state index in [1.54, 1.807) is 0 Å². The molecule has 1 rings (SSSR count). The van der Waals surface area contributed by atoms with E-state index in [0.29, 0.717) is 0 Å². The van der Waals surface area contributed by atoms with E-state index in [2.05, 4.69) is 31.7 Å². The fourth-order valence-electron chi connectivity index (χ4n) is 2.27. The molecule has 0 heteroatoms. The Kier molecular flexibility index (Phi) is 5.71. The summed E-state index contributed by atoms with van der Waals surface area (Å²) in [6, 6.07) is 0. The van der Waals surface area contributed by atoms with Gasteiger partial charge in [0, 0.05) is 0 Å². The predicted molar refractivity (Wildman–Crippen MR) is 63.3 cm³/mol. The standard InChI is InChI=1S/C14H24/c1-3-4-11-14-12-9-7-5-6-8-10-13(14)2/h5,8,13-14H,3-4,7,9-12H2,1-2H3. The van der Waals surface area contributed by atoms with Crippen LogP contribution in [0.5, 0.6) is 0 Å². The molecule has 0 saturated heterocycles. The molecule has 0 nitrogen and oxygen atoms in total. The molecule has 0 aromatic heterocycles. The second-order valence-corrected chi connectivity index (χ2v) is 4.62. The van der Waals surface area contributed by atoms with Crippen LogP contribution in [-0.4, -0.2) is 0 Å². The van der Waals surface area contributed by atoms with Crippen molar-refractivity contribution in [2.45, 2.75) is 58.8 Å². The number of hydrogen-bond acceptors (Lipinski definition) is 0. The SMILES string of the molecule is CCCCC1CCCC=C=CCC1C. The minimum Gasteiger partial charge on any atom is -0.130 e. The molecule has 0 spiro atoms. The normalized spacial score (nSPS) is 28.1. The van der Waals surface area contributed by atoms with E-state index in [9.17, 15) is 0 Å². The van der Waals surface area contributed by atoms with Crippen LogP contribution in [0.1, 0.15) is 58.8 Å². The molecule has 0 radical (unpaired) electrons. The van der Waals surface area contributed by atoms with Crippen LogP contribution in [0.15, 0.2) is 17.9 Å². The lowest BCUT2D eigenvalue weighted by atomic mass is 9.84. The molecule has 0 heterocycles. The maximum Gasteiger partial charge on any atom is -0.0246 e. The lowest BCUT2D eigenvalue weighted by Gasteiger charge is -2.22. The minimum absolute atomic E-state index is 0.862. The van der Waals surface area contributed by atoms with Crippen LogP contribution >= 0.6 is 0 Å². The quantitative estimate of drug-likeness (QED) is 0.568. The zero-order valence-electron chi connectivity index (χ0n) is 9.76. The fraction of sp³-hybridized carbons (Fsp3) is 0.786. The van der Waals surface area contributed by atoms with E-state index in [1.807, 2.05) is 0 Å². The Bertz CT molecular complexity index is 196. The summed E-state index contributed by atoms with van der Waals surface area (Å²) in [5, 5.41) is 0. The number of allylic oxidation sites excluding steroid dienone is 1. The van der Waals surface area contributed by atoms with Gasteiger partial charge < -0.3 is 0 Å². The Hall–Kier alpha value is -0.480. The summed E-state index contributed by atoms with van der Waals surface area (Å²) in [6.45, 7) is 4.70. The average molecular weight is 192 g/mol. The zero-order valence-corrected chi connectivity index (χ0v) is 9.76. The molecule has 1 aliphatic rings. The van der Waals surface area contributed by atoms with E-state index >= 15 is 0 Å². The van der Waals surface area contributed by atoms with Gasteiger partial charge in [0.2, 0.25) is 0 Å². The Labute approximate surface area is 89.1 Å². The van der Waals surface area contributed by atoms with Gasteiger partial charge >= 0.3 is 0 Å². The molecule has 0 fully saturated rings. The smallest absolute Gasteiger partial charge is 0.0246 e. The highest BCUT2D eigenvalue weighted by atomic mass is 14.2. The van der Waals surface area contributed by atoms with Crippen molar-refractivity contribution < 1.29 is 0 Å². The monoisotopic (exact) mass is 192 g/mol. The molecule has 2 unspecified atom stereocenters. The maximum absolute atomic E-state index is 3.28. The minimum atomic E-state index is 0.862. The molecule has 2 atom stereocenters. The lowest BCUT2D eigenvalue weighted by Crippen LogP contribution is -2.11. The van der Waals surface area contributed by atoms with Crippen molar-refractivity contribution in [3.63, 3.8) is 0 Å². The molecular formula is C14H24. The first-order valence-electron chi connectivity index (χ1n) is 6.24. The first kappa shape index (κ1) is 11.6. The zero-order chi connectivity index (χ0) is 10.2. The highest BCUT2D eigenvalue weighted by molar-refractivity contribution is 4.88. The third-order valence-corrected chi connectivity index (χ3v) is 3.38. The van der Waals surface area contributed by atoms with E-state index in [-0.39, 0.29) is 0 Å². The van der Waals surface area contributed by atoms with Crippen LogP contribution in [0.2, 0.25) is 0 Å². The van der Waals surface area contributed by atoms with Gasteiger partial charge in [-0.1, -0.05) is 33.1 Å². The van der Waals surface area contributed by atoms with Gasteiger partial charge in [-0.25, -0.2) is 0 Å². The van der Waals surface area contributed by atoms with Gasteiger partial charge in [-0.2, -0.15) is 0 Å². The van der Waals surface area contributed by atoms with Crippen molar-refractivity contribution in [2.24, 2.45) is 11.8 Å². The first-order chi connectivity index (χ1) is 6.84. The van der Waals surface area contributed by atoms with Gasteiger partial charge in [-0.15, -0.1) is 5.73 Å². The van der Waals surface area contributed by atoms with Gasteiger partial charge in [0.25, 0.3) is 0 Å². The molecule has 0 N–H and O–H groups in total. The number of rotatable bonds is 3. The van der Waals surface area contributed by atoms with E-state index in [0.717, 1.165) is 11.8 Å². The summed E-state index contributed by atoms with van der Waals surface area (Å²) in [5.74, 6) is 1.82. The van der Waals surface area contributed by atoms with E-state index < -0.39 is 0 Å². The first-order valence-corrected chi connectivity index (χ1v) is 6.24. The highest BCUT2D eigenvalue weighted by Gasteiger charge is 2.15. The van der Waals surface area contributed by atoms with Crippen LogP contribution in [-0.2, 0) is 0 Å². The molecule has 0 amide bonds. The lowest BCUT2D eigenvalue weighted by molar-refractivity contribution is 0.304. The van der Waals surface area contributed by atoms with Gasteiger partial charge in [-0.05, 0) is 49.7 Å². The molecule has 0 aromatic rings. The molecule has 80 valence electrons. The predicted octanol–water partition coefficient (Wildman–Crippen LogP) is 4.71. The Morgan fingerprint density at radius 3 is 3.00 bits per heavy atom. The Morgan fingerprint density at radius 2 is 2.21 bits per heavy atom. The number of unbranched alkanes of at least 4 members (excludes halogenated alkanes) is 1. The summed E-state index contributed by atoms with van der Waals surface area (Å²) in [7, 11) is 0. The third-order valence-electron chi connectivity index (χ3n) is 3.38. The van der Waals surface area contributed by atoms with Gasteiger partial charge in [0.15, 0.2) is 0 Å². The third kappa shape index (κ3) is 4.15. The second kappa shape index (κ2) is 6.90. The summed E-state index contributed by atoms with van der Waals surface area (Å²) in [4.78, 5) is 0. The van der Waals surface area contributed by atoms with Crippen molar-refractivity contribution in [3.8, 4) is 0 Å². The molecule has 0 aliphatic heterocycles. The van der Waals surface area contributed by atoms with Crippen molar-refractivity contribution in [3.05, 3.63) is 17.9 Å². The topological polar surface area (TPSA) is 0 Å². The fourth-order valence-corrected chi connectivity index (χ4v) is 2.27. The van der Waals surface area contributed by atoms with E-state index in [1.165, 1.54) is 44.9 Å². The van der Waals surface area contributed by atoms with Crippen LogP contribution in [0.25, 0.3) is 0 Å². The summed E-state index contributed by atoms with van der Waals surface area (Å²) < 4.78 is 0. The molecule has 1 aliphatic carbocycles. The molecule has 0 bridgehead atoms. The largest absolute Gasteiger partial charge is 0.130 e. The molecule has 0 aromatic carbocycles.